The molecule has 106 valence electrons. The zero-order valence-corrected chi connectivity index (χ0v) is 11.3. The highest BCUT2D eigenvalue weighted by atomic mass is 19.1. The van der Waals surface area contributed by atoms with Crippen LogP contribution in [0, 0.1) is 11.6 Å². The van der Waals surface area contributed by atoms with Crippen LogP contribution in [0.2, 0.25) is 0 Å². The second-order valence-corrected chi connectivity index (χ2v) is 4.45. The molecule has 4 heteroatoms. The largest absolute Gasteiger partial charge is 0.489 e. The van der Waals surface area contributed by atoms with Gasteiger partial charge in [0, 0.05) is 18.2 Å². The summed E-state index contributed by atoms with van der Waals surface area (Å²) < 4.78 is 31.8. The van der Waals surface area contributed by atoms with Crippen LogP contribution in [-0.2, 0) is 13.2 Å². The van der Waals surface area contributed by atoms with Crippen LogP contribution in [0.3, 0.4) is 0 Å². The van der Waals surface area contributed by atoms with E-state index in [9.17, 15) is 8.78 Å². The maximum absolute atomic E-state index is 13.5. The van der Waals surface area contributed by atoms with E-state index in [0.717, 1.165) is 24.7 Å². The summed E-state index contributed by atoms with van der Waals surface area (Å²) in [5.41, 5.74) is 1.44. The van der Waals surface area contributed by atoms with Gasteiger partial charge < -0.3 is 10.1 Å². The third-order valence-electron chi connectivity index (χ3n) is 2.89. The summed E-state index contributed by atoms with van der Waals surface area (Å²) >= 11 is 0. The van der Waals surface area contributed by atoms with Crippen molar-refractivity contribution in [2.45, 2.75) is 20.1 Å². The minimum Gasteiger partial charge on any atom is -0.489 e. The summed E-state index contributed by atoms with van der Waals surface area (Å²) in [5, 5.41) is 3.22. The van der Waals surface area contributed by atoms with Gasteiger partial charge in [0.15, 0.2) is 0 Å². The number of ether oxygens (including phenoxy) is 1. The van der Waals surface area contributed by atoms with Crippen LogP contribution in [0.4, 0.5) is 8.78 Å². The maximum atomic E-state index is 13.5. The van der Waals surface area contributed by atoms with Gasteiger partial charge in [-0.2, -0.15) is 0 Å². The zero-order valence-electron chi connectivity index (χ0n) is 11.3. The van der Waals surface area contributed by atoms with Crippen molar-refractivity contribution in [1.82, 2.24) is 5.32 Å². The van der Waals surface area contributed by atoms with Crippen LogP contribution in [0.25, 0.3) is 0 Å². The summed E-state index contributed by atoms with van der Waals surface area (Å²) in [6.07, 6.45) is 0. The second kappa shape index (κ2) is 7.01. The van der Waals surface area contributed by atoms with Gasteiger partial charge in [-0.3, -0.25) is 0 Å². The van der Waals surface area contributed by atoms with Gasteiger partial charge in [0.05, 0.1) is 0 Å². The average Bonchev–Trinajstić information content (AvgIpc) is 2.45. The lowest BCUT2D eigenvalue weighted by Crippen LogP contribution is -2.11. The van der Waals surface area contributed by atoms with Crippen molar-refractivity contribution in [2.75, 3.05) is 6.54 Å². The van der Waals surface area contributed by atoms with Gasteiger partial charge in [0.2, 0.25) is 0 Å². The van der Waals surface area contributed by atoms with Gasteiger partial charge in [-0.15, -0.1) is 0 Å². The van der Waals surface area contributed by atoms with Crippen LogP contribution >= 0.6 is 0 Å². The van der Waals surface area contributed by atoms with Crippen LogP contribution in [0.15, 0.2) is 42.5 Å². The van der Waals surface area contributed by atoms with Crippen molar-refractivity contribution in [3.05, 3.63) is 65.2 Å². The first-order valence-electron chi connectivity index (χ1n) is 6.55. The van der Waals surface area contributed by atoms with E-state index in [-0.39, 0.29) is 6.61 Å². The zero-order chi connectivity index (χ0) is 14.4. The maximum Gasteiger partial charge on any atom is 0.132 e. The van der Waals surface area contributed by atoms with E-state index < -0.39 is 11.6 Å². The normalized spacial score (nSPS) is 10.6. The van der Waals surface area contributed by atoms with E-state index in [1.165, 1.54) is 12.1 Å². The summed E-state index contributed by atoms with van der Waals surface area (Å²) in [6, 6.07) is 11.1. The average molecular weight is 277 g/mol. The molecule has 2 aromatic carbocycles. The fraction of sp³-hybridized carbons (Fsp3) is 0.250. The van der Waals surface area contributed by atoms with Crippen molar-refractivity contribution < 1.29 is 13.5 Å². The molecule has 0 aromatic heterocycles. The highest BCUT2D eigenvalue weighted by Crippen LogP contribution is 2.17. The summed E-state index contributed by atoms with van der Waals surface area (Å²) in [6.45, 7) is 3.78. The number of benzene rings is 2. The Hall–Kier alpha value is -1.94. The number of hydrogen-bond donors (Lipinski definition) is 1. The molecule has 0 aliphatic carbocycles. The second-order valence-electron chi connectivity index (χ2n) is 4.45. The smallest absolute Gasteiger partial charge is 0.132 e. The lowest BCUT2D eigenvalue weighted by molar-refractivity contribution is 0.299. The Morgan fingerprint density at radius 3 is 2.70 bits per heavy atom. The summed E-state index contributed by atoms with van der Waals surface area (Å²) in [5.74, 6) is -0.503. The molecule has 0 aliphatic heterocycles. The summed E-state index contributed by atoms with van der Waals surface area (Å²) in [4.78, 5) is 0. The van der Waals surface area contributed by atoms with Crippen molar-refractivity contribution >= 4 is 0 Å². The predicted molar refractivity (Wildman–Crippen MR) is 74.5 cm³/mol. The molecule has 0 aliphatic rings. The SMILES string of the molecule is CCNCc1cccc(OCc2ccc(F)cc2F)c1. The summed E-state index contributed by atoms with van der Waals surface area (Å²) in [7, 11) is 0. The molecule has 0 unspecified atom stereocenters. The third-order valence-corrected chi connectivity index (χ3v) is 2.89. The first-order valence-corrected chi connectivity index (χ1v) is 6.55. The van der Waals surface area contributed by atoms with Gasteiger partial charge in [-0.25, -0.2) is 8.78 Å². The number of rotatable bonds is 6. The van der Waals surface area contributed by atoms with Gasteiger partial charge >= 0.3 is 0 Å². The molecular formula is C16H17F2NO. The van der Waals surface area contributed by atoms with Crippen molar-refractivity contribution in [3.63, 3.8) is 0 Å². The molecule has 1 N–H and O–H groups in total. The van der Waals surface area contributed by atoms with E-state index in [1.54, 1.807) is 0 Å². The van der Waals surface area contributed by atoms with Crippen molar-refractivity contribution in [3.8, 4) is 5.75 Å². The Labute approximate surface area is 117 Å². The molecule has 2 nitrogen and oxygen atoms in total. The van der Waals surface area contributed by atoms with Gasteiger partial charge in [-0.05, 0) is 36.4 Å². The topological polar surface area (TPSA) is 21.3 Å². The molecule has 0 saturated carbocycles. The van der Waals surface area contributed by atoms with E-state index in [1.807, 2.05) is 31.2 Å². The van der Waals surface area contributed by atoms with Gasteiger partial charge in [0.25, 0.3) is 0 Å². The minimum atomic E-state index is -0.589. The van der Waals surface area contributed by atoms with Crippen molar-refractivity contribution in [1.29, 1.82) is 0 Å². The van der Waals surface area contributed by atoms with Crippen LogP contribution < -0.4 is 10.1 Å². The molecule has 0 spiro atoms. The highest BCUT2D eigenvalue weighted by Gasteiger charge is 2.05. The molecule has 0 saturated heterocycles. The monoisotopic (exact) mass is 277 g/mol. The molecule has 0 heterocycles. The Bertz CT molecular complexity index is 572. The van der Waals surface area contributed by atoms with Gasteiger partial charge in [-0.1, -0.05) is 19.1 Å². The van der Waals surface area contributed by atoms with Crippen LogP contribution in [0.5, 0.6) is 5.75 Å². The Morgan fingerprint density at radius 2 is 1.95 bits per heavy atom. The molecule has 0 bridgehead atoms. The highest BCUT2D eigenvalue weighted by molar-refractivity contribution is 5.29. The van der Waals surface area contributed by atoms with E-state index >= 15 is 0 Å². The standard InChI is InChI=1S/C16H17F2NO/c1-2-19-10-12-4-3-5-15(8-12)20-11-13-6-7-14(17)9-16(13)18/h3-9,19H,2,10-11H2,1H3. The van der Waals surface area contributed by atoms with E-state index in [0.29, 0.717) is 11.3 Å². The van der Waals surface area contributed by atoms with E-state index in [2.05, 4.69) is 5.32 Å². The minimum absolute atomic E-state index is 0.0801. The van der Waals surface area contributed by atoms with Crippen molar-refractivity contribution in [2.24, 2.45) is 0 Å². The van der Waals surface area contributed by atoms with Gasteiger partial charge in [0.1, 0.15) is 24.0 Å². The molecule has 2 aromatic rings. The first-order chi connectivity index (χ1) is 9.69. The Balaban J connectivity index is 1.99. The molecule has 2 rings (SSSR count). The third kappa shape index (κ3) is 4.03. The van der Waals surface area contributed by atoms with E-state index in [4.69, 9.17) is 4.74 Å². The lowest BCUT2D eigenvalue weighted by atomic mass is 10.2. The Morgan fingerprint density at radius 1 is 1.10 bits per heavy atom. The molecular weight excluding hydrogens is 260 g/mol. The fourth-order valence-electron chi connectivity index (χ4n) is 1.81. The molecule has 0 fully saturated rings. The molecule has 20 heavy (non-hydrogen) atoms. The fourth-order valence-corrected chi connectivity index (χ4v) is 1.81. The number of hydrogen-bond acceptors (Lipinski definition) is 2. The quantitative estimate of drug-likeness (QED) is 0.870. The molecule has 0 amide bonds. The first kappa shape index (κ1) is 14.5. The lowest BCUT2D eigenvalue weighted by Gasteiger charge is -2.09. The molecule has 0 atom stereocenters. The predicted octanol–water partition coefficient (Wildman–Crippen LogP) is 3.65. The number of nitrogens with one attached hydrogen (secondary N) is 1. The molecule has 0 radical (unpaired) electrons. The van der Waals surface area contributed by atoms with Crippen LogP contribution in [0.1, 0.15) is 18.1 Å². The number of halogens is 2. The van der Waals surface area contributed by atoms with Crippen LogP contribution in [-0.4, -0.2) is 6.54 Å². The Kier molecular flexibility index (Phi) is 5.07.